The second kappa shape index (κ2) is 6.45. The normalized spacial score (nSPS) is 17.4. The molecule has 2 N–H and O–H groups in total. The van der Waals surface area contributed by atoms with Crippen LogP contribution in [0.2, 0.25) is 0 Å². The molecule has 0 saturated heterocycles. The summed E-state index contributed by atoms with van der Waals surface area (Å²) in [6, 6.07) is 4.26. The number of sulfonamides is 1. The molecule has 1 aromatic carbocycles. The SMILES string of the molecule is CCC1Oc2ccc(S(=O)(=O)NCCC(C)=O)cc2NC1=O. The summed E-state index contributed by atoms with van der Waals surface area (Å²) in [6.45, 7) is 3.26. The summed E-state index contributed by atoms with van der Waals surface area (Å²) in [5.74, 6) is 0.0441. The van der Waals surface area contributed by atoms with E-state index < -0.39 is 16.1 Å². The third-order valence-corrected chi connectivity index (χ3v) is 4.68. The number of ether oxygens (including phenoxy) is 1. The van der Waals surface area contributed by atoms with Gasteiger partial charge in [-0.3, -0.25) is 9.59 Å². The summed E-state index contributed by atoms with van der Waals surface area (Å²) in [6.07, 6.45) is 0.0868. The van der Waals surface area contributed by atoms with Gasteiger partial charge in [0, 0.05) is 13.0 Å². The van der Waals surface area contributed by atoms with Gasteiger partial charge in [-0.1, -0.05) is 6.92 Å². The number of fused-ring (bicyclic) bond motifs is 1. The minimum Gasteiger partial charge on any atom is -0.478 e. The van der Waals surface area contributed by atoms with Crippen LogP contribution in [0.1, 0.15) is 26.7 Å². The van der Waals surface area contributed by atoms with E-state index in [0.717, 1.165) is 0 Å². The number of benzene rings is 1. The van der Waals surface area contributed by atoms with Crippen molar-refractivity contribution >= 4 is 27.4 Å². The lowest BCUT2D eigenvalue weighted by Gasteiger charge is -2.25. The number of Topliss-reactive ketones (excluding diaryl/α,β-unsaturated/α-hetero) is 1. The number of carbonyl (C=O) groups excluding carboxylic acids is 2. The number of hydrogen-bond donors (Lipinski definition) is 2. The first-order valence-electron chi connectivity index (χ1n) is 6.94. The van der Waals surface area contributed by atoms with Crippen molar-refractivity contribution in [3.63, 3.8) is 0 Å². The fourth-order valence-corrected chi connectivity index (χ4v) is 3.07. The molecule has 0 saturated carbocycles. The second-order valence-electron chi connectivity index (χ2n) is 5.01. The summed E-state index contributed by atoms with van der Waals surface area (Å²) in [5, 5.41) is 2.64. The van der Waals surface area contributed by atoms with Gasteiger partial charge in [-0.25, -0.2) is 13.1 Å². The van der Waals surface area contributed by atoms with Crippen molar-refractivity contribution < 1.29 is 22.7 Å². The molecule has 8 heteroatoms. The predicted octanol–water partition coefficient (Wildman–Crippen LogP) is 1.05. The lowest BCUT2D eigenvalue weighted by atomic mass is 10.2. The van der Waals surface area contributed by atoms with Crippen molar-refractivity contribution in [2.24, 2.45) is 0 Å². The van der Waals surface area contributed by atoms with Crippen LogP contribution in [-0.4, -0.2) is 32.8 Å². The molecule has 0 fully saturated rings. The Balaban J connectivity index is 2.19. The Labute approximate surface area is 129 Å². The van der Waals surface area contributed by atoms with Gasteiger partial charge < -0.3 is 10.1 Å². The molecule has 0 bridgehead atoms. The van der Waals surface area contributed by atoms with Gasteiger partial charge in [0.2, 0.25) is 10.0 Å². The first-order chi connectivity index (χ1) is 10.3. The highest BCUT2D eigenvalue weighted by Crippen LogP contribution is 2.32. The van der Waals surface area contributed by atoms with Crippen molar-refractivity contribution in [3.05, 3.63) is 18.2 Å². The average Bonchev–Trinajstić information content (AvgIpc) is 2.45. The van der Waals surface area contributed by atoms with Crippen LogP contribution in [0.15, 0.2) is 23.1 Å². The number of carbonyl (C=O) groups is 2. The molecule has 1 amide bonds. The molecule has 1 heterocycles. The van der Waals surface area contributed by atoms with E-state index in [9.17, 15) is 18.0 Å². The smallest absolute Gasteiger partial charge is 0.265 e. The fraction of sp³-hybridized carbons (Fsp3) is 0.429. The van der Waals surface area contributed by atoms with Gasteiger partial charge in [0.1, 0.15) is 11.5 Å². The highest BCUT2D eigenvalue weighted by molar-refractivity contribution is 7.89. The zero-order valence-electron chi connectivity index (χ0n) is 12.4. The maximum Gasteiger partial charge on any atom is 0.265 e. The highest BCUT2D eigenvalue weighted by atomic mass is 32.2. The van der Waals surface area contributed by atoms with Crippen LogP contribution in [0.4, 0.5) is 5.69 Å². The van der Waals surface area contributed by atoms with Gasteiger partial charge in [0.05, 0.1) is 10.6 Å². The molecule has 1 aliphatic rings. The zero-order chi connectivity index (χ0) is 16.3. The van der Waals surface area contributed by atoms with Gasteiger partial charge in [0.15, 0.2) is 6.10 Å². The van der Waals surface area contributed by atoms with Gasteiger partial charge >= 0.3 is 0 Å². The minimum absolute atomic E-state index is 0.00801. The second-order valence-corrected chi connectivity index (χ2v) is 6.78. The third kappa shape index (κ3) is 3.63. The molecule has 120 valence electrons. The molecular formula is C14H18N2O5S. The maximum atomic E-state index is 12.1. The monoisotopic (exact) mass is 326 g/mol. The standard InChI is InChI=1S/C14H18N2O5S/c1-3-12-14(18)16-11-8-10(4-5-13(11)21-12)22(19,20)15-7-6-9(2)17/h4-5,8,12,15H,3,6-7H2,1-2H3,(H,16,18). The first kappa shape index (κ1) is 16.4. The van der Waals surface area contributed by atoms with Crippen LogP contribution in [0.25, 0.3) is 0 Å². The quantitative estimate of drug-likeness (QED) is 0.814. The molecule has 0 radical (unpaired) electrons. The van der Waals surface area contributed by atoms with Crippen molar-refractivity contribution in [2.45, 2.75) is 37.7 Å². The van der Waals surface area contributed by atoms with E-state index in [1.54, 1.807) is 0 Å². The minimum atomic E-state index is -3.74. The average molecular weight is 326 g/mol. The molecule has 1 aliphatic heterocycles. The number of anilines is 1. The molecule has 1 atom stereocenters. The van der Waals surface area contributed by atoms with E-state index in [1.165, 1.54) is 25.1 Å². The van der Waals surface area contributed by atoms with Gasteiger partial charge in [-0.05, 0) is 31.5 Å². The van der Waals surface area contributed by atoms with Crippen LogP contribution in [0, 0.1) is 0 Å². The van der Waals surface area contributed by atoms with E-state index in [2.05, 4.69) is 10.0 Å². The van der Waals surface area contributed by atoms with Crippen molar-refractivity contribution in [3.8, 4) is 5.75 Å². The molecule has 1 unspecified atom stereocenters. The van der Waals surface area contributed by atoms with E-state index in [0.29, 0.717) is 17.9 Å². The van der Waals surface area contributed by atoms with Crippen molar-refractivity contribution in [1.82, 2.24) is 4.72 Å². The summed E-state index contributed by atoms with van der Waals surface area (Å²) < 4.78 is 32.1. The largest absolute Gasteiger partial charge is 0.478 e. The Bertz CT molecular complexity index is 699. The predicted molar refractivity (Wildman–Crippen MR) is 80.3 cm³/mol. The van der Waals surface area contributed by atoms with Crippen LogP contribution in [-0.2, 0) is 19.6 Å². The van der Waals surface area contributed by atoms with E-state index in [4.69, 9.17) is 4.74 Å². The van der Waals surface area contributed by atoms with Crippen LogP contribution in [0.5, 0.6) is 5.75 Å². The number of ketones is 1. The molecule has 2 rings (SSSR count). The van der Waals surface area contributed by atoms with Crippen molar-refractivity contribution in [2.75, 3.05) is 11.9 Å². The van der Waals surface area contributed by atoms with Crippen LogP contribution >= 0.6 is 0 Å². The number of amides is 1. The topological polar surface area (TPSA) is 102 Å². The van der Waals surface area contributed by atoms with Crippen LogP contribution < -0.4 is 14.8 Å². The Morgan fingerprint density at radius 3 is 2.77 bits per heavy atom. The Morgan fingerprint density at radius 1 is 1.41 bits per heavy atom. The lowest BCUT2D eigenvalue weighted by Crippen LogP contribution is -2.36. The molecule has 0 aromatic heterocycles. The number of nitrogens with one attached hydrogen (secondary N) is 2. The Morgan fingerprint density at radius 2 is 2.14 bits per heavy atom. The number of rotatable bonds is 6. The Hall–Kier alpha value is -1.93. The fourth-order valence-electron chi connectivity index (χ4n) is 2.01. The zero-order valence-corrected chi connectivity index (χ0v) is 13.2. The molecule has 22 heavy (non-hydrogen) atoms. The lowest BCUT2D eigenvalue weighted by molar-refractivity contribution is -0.123. The third-order valence-electron chi connectivity index (χ3n) is 3.22. The Kier molecular flexibility index (Phi) is 4.82. The van der Waals surface area contributed by atoms with Crippen LogP contribution in [0.3, 0.4) is 0 Å². The molecule has 7 nitrogen and oxygen atoms in total. The first-order valence-corrected chi connectivity index (χ1v) is 8.42. The number of hydrogen-bond acceptors (Lipinski definition) is 5. The van der Waals surface area contributed by atoms with E-state index >= 15 is 0 Å². The van der Waals surface area contributed by atoms with E-state index in [-0.39, 0.29) is 29.6 Å². The summed E-state index contributed by atoms with van der Waals surface area (Å²) in [7, 11) is -3.74. The summed E-state index contributed by atoms with van der Waals surface area (Å²) >= 11 is 0. The van der Waals surface area contributed by atoms with Gasteiger partial charge in [-0.15, -0.1) is 0 Å². The molecule has 0 spiro atoms. The molecule has 0 aliphatic carbocycles. The molecule has 1 aromatic rings. The van der Waals surface area contributed by atoms with E-state index in [1.807, 2.05) is 6.92 Å². The van der Waals surface area contributed by atoms with Gasteiger partial charge in [0.25, 0.3) is 5.91 Å². The summed E-state index contributed by atoms with van der Waals surface area (Å²) in [4.78, 5) is 22.6. The van der Waals surface area contributed by atoms with Gasteiger partial charge in [-0.2, -0.15) is 0 Å². The molecular weight excluding hydrogens is 308 g/mol. The summed E-state index contributed by atoms with van der Waals surface area (Å²) in [5.41, 5.74) is 0.323. The maximum absolute atomic E-state index is 12.1. The van der Waals surface area contributed by atoms with Crippen molar-refractivity contribution in [1.29, 1.82) is 0 Å². The highest BCUT2D eigenvalue weighted by Gasteiger charge is 2.27.